The zero-order chi connectivity index (χ0) is 14.6. The molecule has 1 rings (SSSR count). The summed E-state index contributed by atoms with van der Waals surface area (Å²) >= 11 is 0. The summed E-state index contributed by atoms with van der Waals surface area (Å²) in [6.45, 7) is 3.70. The fourth-order valence-corrected chi connectivity index (χ4v) is 1.74. The van der Waals surface area contributed by atoms with Crippen molar-refractivity contribution in [3.8, 4) is 0 Å². The molecule has 0 aliphatic heterocycles. The summed E-state index contributed by atoms with van der Waals surface area (Å²) in [6.07, 6.45) is 2.48. The molecule has 0 amide bonds. The van der Waals surface area contributed by atoms with E-state index in [1.807, 2.05) is 18.2 Å². The Bertz CT molecular complexity index is 364. The number of methoxy groups -OCH3 is 1. The molecule has 112 valence electrons. The Morgan fingerprint density at radius 3 is 2.50 bits per heavy atom. The van der Waals surface area contributed by atoms with Crippen molar-refractivity contribution in [3.05, 3.63) is 35.9 Å². The SMILES string of the molecule is COC(=O)[C@H](C)OCCCCCOCc1ccccc1. The number of hydrogen-bond acceptors (Lipinski definition) is 4. The third-order valence-corrected chi connectivity index (χ3v) is 2.95. The second kappa shape index (κ2) is 10.4. The average molecular weight is 280 g/mol. The van der Waals surface area contributed by atoms with Gasteiger partial charge in [0, 0.05) is 13.2 Å². The zero-order valence-electron chi connectivity index (χ0n) is 12.3. The van der Waals surface area contributed by atoms with E-state index in [0.717, 1.165) is 25.9 Å². The molecule has 0 saturated heterocycles. The van der Waals surface area contributed by atoms with Crippen molar-refractivity contribution in [2.24, 2.45) is 0 Å². The third-order valence-electron chi connectivity index (χ3n) is 2.95. The van der Waals surface area contributed by atoms with Crippen LogP contribution >= 0.6 is 0 Å². The summed E-state index contributed by atoms with van der Waals surface area (Å²) in [5.41, 5.74) is 1.20. The van der Waals surface area contributed by atoms with Crippen molar-refractivity contribution in [2.75, 3.05) is 20.3 Å². The molecule has 0 aromatic heterocycles. The molecule has 0 N–H and O–H groups in total. The minimum atomic E-state index is -0.477. The van der Waals surface area contributed by atoms with Gasteiger partial charge >= 0.3 is 5.97 Å². The van der Waals surface area contributed by atoms with Gasteiger partial charge < -0.3 is 14.2 Å². The second-order valence-corrected chi connectivity index (χ2v) is 4.64. The first-order valence-electron chi connectivity index (χ1n) is 7.05. The van der Waals surface area contributed by atoms with Crippen LogP contribution in [0.4, 0.5) is 0 Å². The molecule has 20 heavy (non-hydrogen) atoms. The normalized spacial score (nSPS) is 12.1. The minimum absolute atomic E-state index is 0.323. The Hall–Kier alpha value is -1.39. The van der Waals surface area contributed by atoms with Gasteiger partial charge in [-0.2, -0.15) is 0 Å². The van der Waals surface area contributed by atoms with Gasteiger partial charge in [0.2, 0.25) is 0 Å². The smallest absolute Gasteiger partial charge is 0.334 e. The van der Waals surface area contributed by atoms with Crippen molar-refractivity contribution in [1.29, 1.82) is 0 Å². The Morgan fingerprint density at radius 1 is 1.10 bits per heavy atom. The molecule has 0 saturated carbocycles. The van der Waals surface area contributed by atoms with Crippen molar-refractivity contribution in [2.45, 2.75) is 38.9 Å². The lowest BCUT2D eigenvalue weighted by molar-refractivity contribution is -0.152. The van der Waals surface area contributed by atoms with Gasteiger partial charge in [0.1, 0.15) is 0 Å². The van der Waals surface area contributed by atoms with E-state index in [4.69, 9.17) is 9.47 Å². The lowest BCUT2D eigenvalue weighted by Crippen LogP contribution is -2.22. The maximum atomic E-state index is 11.1. The minimum Gasteiger partial charge on any atom is -0.467 e. The summed E-state index contributed by atoms with van der Waals surface area (Å²) in [4.78, 5) is 11.1. The van der Waals surface area contributed by atoms with E-state index in [-0.39, 0.29) is 5.97 Å². The van der Waals surface area contributed by atoms with Gasteiger partial charge in [-0.25, -0.2) is 4.79 Å². The maximum absolute atomic E-state index is 11.1. The maximum Gasteiger partial charge on any atom is 0.334 e. The number of hydrogen-bond donors (Lipinski definition) is 0. The van der Waals surface area contributed by atoms with Gasteiger partial charge in [-0.15, -0.1) is 0 Å². The summed E-state index contributed by atoms with van der Waals surface area (Å²) in [5, 5.41) is 0. The van der Waals surface area contributed by atoms with E-state index in [0.29, 0.717) is 13.2 Å². The highest BCUT2D eigenvalue weighted by Gasteiger charge is 2.12. The van der Waals surface area contributed by atoms with E-state index >= 15 is 0 Å². The molecule has 0 bridgehead atoms. The molecule has 1 aromatic rings. The summed E-state index contributed by atoms with van der Waals surface area (Å²) in [5.74, 6) is -0.323. The number of rotatable bonds is 10. The lowest BCUT2D eigenvalue weighted by Gasteiger charge is -2.10. The molecule has 0 aliphatic carbocycles. The molecule has 0 unspecified atom stereocenters. The van der Waals surface area contributed by atoms with Crippen LogP contribution in [0, 0.1) is 0 Å². The van der Waals surface area contributed by atoms with Crippen LogP contribution in [0.3, 0.4) is 0 Å². The first kappa shape index (κ1) is 16.7. The predicted octanol–water partition coefficient (Wildman–Crippen LogP) is 2.95. The number of ether oxygens (including phenoxy) is 3. The van der Waals surface area contributed by atoms with Gasteiger partial charge in [-0.3, -0.25) is 0 Å². The van der Waals surface area contributed by atoms with E-state index in [9.17, 15) is 4.79 Å². The first-order valence-corrected chi connectivity index (χ1v) is 7.05. The van der Waals surface area contributed by atoms with Crippen LogP contribution in [0.2, 0.25) is 0 Å². The second-order valence-electron chi connectivity index (χ2n) is 4.64. The molecule has 0 radical (unpaired) electrons. The van der Waals surface area contributed by atoms with Crippen LogP contribution < -0.4 is 0 Å². The number of carbonyl (C=O) groups excluding carboxylic acids is 1. The van der Waals surface area contributed by atoms with E-state index < -0.39 is 6.10 Å². The zero-order valence-corrected chi connectivity index (χ0v) is 12.3. The van der Waals surface area contributed by atoms with Crippen molar-refractivity contribution in [3.63, 3.8) is 0 Å². The molecule has 1 aromatic carbocycles. The summed E-state index contributed by atoms with van der Waals surface area (Å²) < 4.78 is 15.5. The van der Waals surface area contributed by atoms with Crippen LogP contribution in [0.5, 0.6) is 0 Å². The Labute approximate surface area is 121 Å². The van der Waals surface area contributed by atoms with E-state index in [1.165, 1.54) is 12.7 Å². The van der Waals surface area contributed by atoms with Crippen molar-refractivity contribution in [1.82, 2.24) is 0 Å². The summed E-state index contributed by atoms with van der Waals surface area (Å²) in [6, 6.07) is 10.1. The number of benzene rings is 1. The van der Waals surface area contributed by atoms with Crippen LogP contribution in [0.25, 0.3) is 0 Å². The molecule has 0 heterocycles. The molecule has 4 nitrogen and oxygen atoms in total. The van der Waals surface area contributed by atoms with Gasteiger partial charge in [-0.05, 0) is 31.7 Å². The lowest BCUT2D eigenvalue weighted by atomic mass is 10.2. The van der Waals surface area contributed by atoms with E-state index in [1.54, 1.807) is 6.92 Å². The molecule has 0 spiro atoms. The van der Waals surface area contributed by atoms with Gasteiger partial charge in [0.15, 0.2) is 6.10 Å². The molecule has 1 atom stereocenters. The van der Waals surface area contributed by atoms with Gasteiger partial charge in [0.25, 0.3) is 0 Å². The van der Waals surface area contributed by atoms with Crippen LogP contribution in [-0.4, -0.2) is 32.4 Å². The topological polar surface area (TPSA) is 44.8 Å². The highest BCUT2D eigenvalue weighted by atomic mass is 16.6. The highest BCUT2D eigenvalue weighted by molar-refractivity contribution is 5.73. The van der Waals surface area contributed by atoms with Crippen LogP contribution in [-0.2, 0) is 25.6 Å². The molecular weight excluding hydrogens is 256 g/mol. The highest BCUT2D eigenvalue weighted by Crippen LogP contribution is 2.03. The fourth-order valence-electron chi connectivity index (χ4n) is 1.74. The monoisotopic (exact) mass is 280 g/mol. The number of unbranched alkanes of at least 4 members (excludes halogenated alkanes) is 2. The Kier molecular flexibility index (Phi) is 8.67. The number of carbonyl (C=O) groups is 1. The molecule has 0 aliphatic rings. The third kappa shape index (κ3) is 7.26. The average Bonchev–Trinajstić information content (AvgIpc) is 2.49. The van der Waals surface area contributed by atoms with E-state index in [2.05, 4.69) is 16.9 Å². The fraction of sp³-hybridized carbons (Fsp3) is 0.562. The van der Waals surface area contributed by atoms with Crippen LogP contribution in [0.15, 0.2) is 30.3 Å². The quantitative estimate of drug-likeness (QED) is 0.488. The molecule has 0 fully saturated rings. The van der Waals surface area contributed by atoms with Crippen LogP contribution in [0.1, 0.15) is 31.7 Å². The molecular formula is C16H24O4. The van der Waals surface area contributed by atoms with Crippen molar-refractivity contribution >= 4 is 5.97 Å². The van der Waals surface area contributed by atoms with Gasteiger partial charge in [0.05, 0.1) is 13.7 Å². The summed E-state index contributed by atoms with van der Waals surface area (Å²) in [7, 11) is 1.37. The molecule has 4 heteroatoms. The first-order chi connectivity index (χ1) is 9.74. The Balaban J connectivity index is 1.91. The van der Waals surface area contributed by atoms with Gasteiger partial charge in [-0.1, -0.05) is 30.3 Å². The standard InChI is InChI=1S/C16H24O4/c1-14(16(17)18-2)20-12-8-4-7-11-19-13-15-9-5-3-6-10-15/h3,5-6,9-10,14H,4,7-8,11-13H2,1-2H3/t14-/m0/s1. The largest absolute Gasteiger partial charge is 0.467 e. The Morgan fingerprint density at radius 2 is 1.80 bits per heavy atom. The predicted molar refractivity (Wildman–Crippen MR) is 77.4 cm³/mol. The van der Waals surface area contributed by atoms with Crippen molar-refractivity contribution < 1.29 is 19.0 Å². The number of esters is 1.